The lowest BCUT2D eigenvalue weighted by molar-refractivity contribution is -0.163. The van der Waals surface area contributed by atoms with Gasteiger partial charge in [0.25, 0.3) is 0 Å². The van der Waals surface area contributed by atoms with Crippen molar-refractivity contribution in [1.29, 1.82) is 0 Å². The van der Waals surface area contributed by atoms with Crippen molar-refractivity contribution in [2.45, 2.75) is 60.2 Å². The van der Waals surface area contributed by atoms with E-state index < -0.39 is 0 Å². The summed E-state index contributed by atoms with van der Waals surface area (Å²) in [6.07, 6.45) is 0. The van der Waals surface area contributed by atoms with E-state index in [0.29, 0.717) is 6.79 Å². The molecular weight excluding hydrogens is 152 g/mol. The van der Waals surface area contributed by atoms with Crippen molar-refractivity contribution in [1.82, 2.24) is 0 Å². The summed E-state index contributed by atoms with van der Waals surface area (Å²) < 4.78 is 10.8. The van der Waals surface area contributed by atoms with Gasteiger partial charge in [-0.3, -0.25) is 0 Å². The molecule has 0 amide bonds. The van der Waals surface area contributed by atoms with E-state index in [9.17, 15) is 0 Å². The zero-order valence-electron chi connectivity index (χ0n) is 8.52. The molecular formula is C10H24O2. The minimum atomic E-state index is -0.106. The first-order valence-electron chi connectivity index (χ1n) is 3.99. The maximum absolute atomic E-state index is 5.38. The highest BCUT2D eigenvalue weighted by atomic mass is 16.7. The van der Waals surface area contributed by atoms with Gasteiger partial charge < -0.3 is 9.47 Å². The molecule has 0 aliphatic rings. The quantitative estimate of drug-likeness (QED) is 0.601. The van der Waals surface area contributed by atoms with Gasteiger partial charge in [0.05, 0.1) is 11.2 Å². The summed E-state index contributed by atoms with van der Waals surface area (Å²) in [5.74, 6) is 0. The molecule has 0 atom stereocenters. The molecule has 0 saturated carbocycles. The summed E-state index contributed by atoms with van der Waals surface area (Å²) in [6, 6.07) is 0. The van der Waals surface area contributed by atoms with Crippen LogP contribution in [0.2, 0.25) is 0 Å². The Morgan fingerprint density at radius 2 is 1.00 bits per heavy atom. The minimum absolute atomic E-state index is 0. The third-order valence-corrected chi connectivity index (χ3v) is 0.984. The van der Waals surface area contributed by atoms with Crippen molar-refractivity contribution in [2.75, 3.05) is 6.79 Å². The molecule has 0 heterocycles. The lowest BCUT2D eigenvalue weighted by atomic mass is 10.2. The van der Waals surface area contributed by atoms with Crippen LogP contribution in [0.3, 0.4) is 0 Å². The predicted molar refractivity (Wildman–Crippen MR) is 53.3 cm³/mol. The zero-order chi connectivity index (χ0) is 9.12. The summed E-state index contributed by atoms with van der Waals surface area (Å²) >= 11 is 0. The Kier molecular flexibility index (Phi) is 5.81. The van der Waals surface area contributed by atoms with Crippen molar-refractivity contribution in [3.8, 4) is 0 Å². The third kappa shape index (κ3) is 12.6. The topological polar surface area (TPSA) is 18.5 Å². The molecule has 0 aliphatic heterocycles. The molecule has 0 aromatic rings. The first-order chi connectivity index (χ1) is 4.71. The van der Waals surface area contributed by atoms with Crippen LogP contribution in [-0.4, -0.2) is 18.0 Å². The van der Waals surface area contributed by atoms with Gasteiger partial charge in [0.15, 0.2) is 0 Å². The van der Waals surface area contributed by atoms with Crippen molar-refractivity contribution >= 4 is 0 Å². The van der Waals surface area contributed by atoms with Gasteiger partial charge in [-0.25, -0.2) is 0 Å². The second-order valence-corrected chi connectivity index (χ2v) is 4.63. The van der Waals surface area contributed by atoms with E-state index in [4.69, 9.17) is 9.47 Å². The molecule has 2 heteroatoms. The molecule has 0 unspecified atom stereocenters. The maximum atomic E-state index is 5.38. The van der Waals surface area contributed by atoms with Gasteiger partial charge in [0.1, 0.15) is 6.79 Å². The Labute approximate surface area is 77.3 Å². The molecule has 0 saturated heterocycles. The SMILES string of the molecule is C.CC(C)(C)OCOC(C)(C)C. The van der Waals surface area contributed by atoms with Crippen LogP contribution in [0.15, 0.2) is 0 Å². The molecule has 0 spiro atoms. The van der Waals surface area contributed by atoms with Crippen molar-refractivity contribution in [2.24, 2.45) is 0 Å². The lowest BCUT2D eigenvalue weighted by Crippen LogP contribution is -2.26. The molecule has 0 radical (unpaired) electrons. The van der Waals surface area contributed by atoms with E-state index in [0.717, 1.165) is 0 Å². The van der Waals surface area contributed by atoms with Crippen LogP contribution in [-0.2, 0) is 9.47 Å². The zero-order valence-corrected chi connectivity index (χ0v) is 8.52. The van der Waals surface area contributed by atoms with Crippen LogP contribution in [0.5, 0.6) is 0 Å². The standard InChI is InChI=1S/C9H20O2.CH4/c1-8(2,3)10-7-11-9(4,5)6;/h7H2,1-6H3;1H4. The minimum Gasteiger partial charge on any atom is -0.350 e. The Balaban J connectivity index is 0. The van der Waals surface area contributed by atoms with E-state index >= 15 is 0 Å². The molecule has 0 N–H and O–H groups in total. The van der Waals surface area contributed by atoms with Crippen molar-refractivity contribution < 1.29 is 9.47 Å². The molecule has 0 aliphatic carbocycles. The molecule has 76 valence electrons. The average molecular weight is 176 g/mol. The van der Waals surface area contributed by atoms with Crippen LogP contribution in [0.4, 0.5) is 0 Å². The number of rotatable bonds is 2. The second kappa shape index (κ2) is 4.83. The molecule has 0 aromatic carbocycles. The van der Waals surface area contributed by atoms with Crippen LogP contribution < -0.4 is 0 Å². The summed E-state index contributed by atoms with van der Waals surface area (Å²) in [6.45, 7) is 12.4. The number of hydrogen-bond donors (Lipinski definition) is 0. The van der Waals surface area contributed by atoms with Gasteiger partial charge in [0, 0.05) is 0 Å². The van der Waals surface area contributed by atoms with E-state index in [2.05, 4.69) is 0 Å². The van der Waals surface area contributed by atoms with Crippen molar-refractivity contribution in [3.05, 3.63) is 0 Å². The van der Waals surface area contributed by atoms with E-state index in [-0.39, 0.29) is 18.6 Å². The lowest BCUT2D eigenvalue weighted by Gasteiger charge is -2.24. The molecule has 2 nitrogen and oxygen atoms in total. The van der Waals surface area contributed by atoms with Gasteiger partial charge in [-0.15, -0.1) is 0 Å². The predicted octanol–water partition coefficient (Wildman–Crippen LogP) is 3.21. The summed E-state index contributed by atoms with van der Waals surface area (Å²) in [4.78, 5) is 0. The van der Waals surface area contributed by atoms with E-state index in [1.165, 1.54) is 0 Å². The maximum Gasteiger partial charge on any atom is 0.148 e. The Bertz CT molecular complexity index is 92.0. The van der Waals surface area contributed by atoms with Gasteiger partial charge in [-0.05, 0) is 41.5 Å². The van der Waals surface area contributed by atoms with Gasteiger partial charge in [-0.2, -0.15) is 0 Å². The highest BCUT2D eigenvalue weighted by Crippen LogP contribution is 2.11. The highest BCUT2D eigenvalue weighted by Gasteiger charge is 2.14. The molecule has 0 rings (SSSR count). The summed E-state index contributed by atoms with van der Waals surface area (Å²) in [5.41, 5.74) is -0.212. The molecule has 12 heavy (non-hydrogen) atoms. The smallest absolute Gasteiger partial charge is 0.148 e. The normalized spacial score (nSPS) is 12.5. The van der Waals surface area contributed by atoms with E-state index in [1.807, 2.05) is 41.5 Å². The Hall–Kier alpha value is -0.0800. The van der Waals surface area contributed by atoms with Crippen LogP contribution >= 0.6 is 0 Å². The average Bonchev–Trinajstić information content (AvgIpc) is 1.55. The monoisotopic (exact) mass is 176 g/mol. The highest BCUT2D eigenvalue weighted by molar-refractivity contribution is 4.59. The van der Waals surface area contributed by atoms with Gasteiger partial charge in [-0.1, -0.05) is 7.43 Å². The molecule has 0 aromatic heterocycles. The van der Waals surface area contributed by atoms with Gasteiger partial charge >= 0.3 is 0 Å². The number of ether oxygens (including phenoxy) is 2. The largest absolute Gasteiger partial charge is 0.350 e. The third-order valence-electron chi connectivity index (χ3n) is 0.984. The first-order valence-corrected chi connectivity index (χ1v) is 3.99. The van der Waals surface area contributed by atoms with Crippen molar-refractivity contribution in [3.63, 3.8) is 0 Å². The van der Waals surface area contributed by atoms with Crippen LogP contribution in [0, 0.1) is 0 Å². The Morgan fingerprint density at radius 3 is 1.17 bits per heavy atom. The molecule has 0 bridgehead atoms. The van der Waals surface area contributed by atoms with E-state index in [1.54, 1.807) is 0 Å². The number of hydrogen-bond acceptors (Lipinski definition) is 2. The fourth-order valence-electron chi connectivity index (χ4n) is 0.383. The van der Waals surface area contributed by atoms with Crippen LogP contribution in [0.1, 0.15) is 49.0 Å². The second-order valence-electron chi connectivity index (χ2n) is 4.63. The fraction of sp³-hybridized carbons (Fsp3) is 1.00. The first kappa shape index (κ1) is 14.4. The molecule has 0 fully saturated rings. The summed E-state index contributed by atoms with van der Waals surface area (Å²) in [5, 5.41) is 0. The summed E-state index contributed by atoms with van der Waals surface area (Å²) in [7, 11) is 0. The fourth-order valence-corrected chi connectivity index (χ4v) is 0.383. The Morgan fingerprint density at radius 1 is 0.750 bits per heavy atom. The van der Waals surface area contributed by atoms with Crippen LogP contribution in [0.25, 0.3) is 0 Å². The van der Waals surface area contributed by atoms with Gasteiger partial charge in [0.2, 0.25) is 0 Å².